The summed E-state index contributed by atoms with van der Waals surface area (Å²) in [6.07, 6.45) is 5.47. The number of rotatable bonds is 10. The lowest BCUT2D eigenvalue weighted by molar-refractivity contribution is -0.177. The third-order valence-electron chi connectivity index (χ3n) is 4.65. The van der Waals surface area contributed by atoms with Gasteiger partial charge in [-0.25, -0.2) is 0 Å². The zero-order valence-electron chi connectivity index (χ0n) is 12.7. The van der Waals surface area contributed by atoms with Crippen LogP contribution in [0.2, 0.25) is 0 Å². The third-order valence-corrected chi connectivity index (χ3v) is 4.65. The molecular weight excluding hydrogens is 244 g/mol. The SMILES string of the molecule is CCCCCCC(C)(CC)C(CC)(C(=O)O)C(=O)O. The summed E-state index contributed by atoms with van der Waals surface area (Å²) >= 11 is 0. The first kappa shape index (κ1) is 17.9. The van der Waals surface area contributed by atoms with E-state index in [9.17, 15) is 19.8 Å². The van der Waals surface area contributed by atoms with Crippen molar-refractivity contribution >= 4 is 11.9 Å². The normalized spacial score (nSPS) is 14.9. The second-order valence-electron chi connectivity index (χ2n) is 5.59. The minimum Gasteiger partial charge on any atom is -0.480 e. The van der Waals surface area contributed by atoms with Crippen LogP contribution in [0.15, 0.2) is 0 Å². The van der Waals surface area contributed by atoms with E-state index in [1.807, 2.05) is 13.8 Å². The molecule has 0 rings (SSSR count). The molecule has 19 heavy (non-hydrogen) atoms. The molecule has 0 aliphatic rings. The molecule has 0 amide bonds. The molecular formula is C15H28O4. The van der Waals surface area contributed by atoms with Gasteiger partial charge in [0.25, 0.3) is 0 Å². The Hall–Kier alpha value is -1.06. The van der Waals surface area contributed by atoms with E-state index >= 15 is 0 Å². The maximum atomic E-state index is 11.6. The molecule has 2 N–H and O–H groups in total. The first-order chi connectivity index (χ1) is 8.82. The van der Waals surface area contributed by atoms with Gasteiger partial charge in [-0.3, -0.25) is 9.59 Å². The first-order valence-corrected chi connectivity index (χ1v) is 7.29. The van der Waals surface area contributed by atoms with Gasteiger partial charge in [0.1, 0.15) is 0 Å². The van der Waals surface area contributed by atoms with Gasteiger partial charge in [0.2, 0.25) is 0 Å². The monoisotopic (exact) mass is 272 g/mol. The van der Waals surface area contributed by atoms with Gasteiger partial charge >= 0.3 is 11.9 Å². The number of aliphatic carboxylic acids is 2. The molecule has 0 saturated heterocycles. The van der Waals surface area contributed by atoms with E-state index in [2.05, 4.69) is 6.92 Å². The van der Waals surface area contributed by atoms with Crippen LogP contribution < -0.4 is 0 Å². The van der Waals surface area contributed by atoms with E-state index < -0.39 is 22.8 Å². The van der Waals surface area contributed by atoms with Crippen LogP contribution >= 0.6 is 0 Å². The highest BCUT2D eigenvalue weighted by Crippen LogP contribution is 2.49. The van der Waals surface area contributed by atoms with Crippen LogP contribution in [-0.2, 0) is 9.59 Å². The summed E-state index contributed by atoms with van der Waals surface area (Å²) in [5.74, 6) is -2.41. The molecule has 4 heteroatoms. The van der Waals surface area contributed by atoms with Crippen molar-refractivity contribution in [1.82, 2.24) is 0 Å². The van der Waals surface area contributed by atoms with Crippen molar-refractivity contribution < 1.29 is 19.8 Å². The number of unbranched alkanes of at least 4 members (excludes halogenated alkanes) is 3. The van der Waals surface area contributed by atoms with Gasteiger partial charge in [-0.15, -0.1) is 0 Å². The van der Waals surface area contributed by atoms with Crippen molar-refractivity contribution in [3.63, 3.8) is 0 Å². The molecule has 0 heterocycles. The molecule has 0 spiro atoms. The molecule has 1 unspecified atom stereocenters. The Kier molecular flexibility index (Phi) is 7.09. The second-order valence-corrected chi connectivity index (χ2v) is 5.59. The molecule has 0 aromatic rings. The van der Waals surface area contributed by atoms with Crippen molar-refractivity contribution in [2.24, 2.45) is 10.8 Å². The number of hydrogen-bond acceptors (Lipinski definition) is 2. The molecule has 0 radical (unpaired) electrons. The second kappa shape index (κ2) is 7.51. The summed E-state index contributed by atoms with van der Waals surface area (Å²) < 4.78 is 0. The van der Waals surface area contributed by atoms with Gasteiger partial charge in [-0.2, -0.15) is 0 Å². The van der Waals surface area contributed by atoms with E-state index in [-0.39, 0.29) is 6.42 Å². The maximum Gasteiger partial charge on any atom is 0.321 e. The molecule has 0 aromatic carbocycles. The summed E-state index contributed by atoms with van der Waals surface area (Å²) in [6.45, 7) is 7.47. The molecule has 0 aliphatic heterocycles. The van der Waals surface area contributed by atoms with E-state index in [0.29, 0.717) is 12.8 Å². The molecule has 1 atom stereocenters. The fourth-order valence-electron chi connectivity index (χ4n) is 2.97. The zero-order valence-corrected chi connectivity index (χ0v) is 12.7. The maximum absolute atomic E-state index is 11.6. The van der Waals surface area contributed by atoms with Crippen LogP contribution in [0.25, 0.3) is 0 Å². The van der Waals surface area contributed by atoms with Gasteiger partial charge < -0.3 is 10.2 Å². The van der Waals surface area contributed by atoms with E-state index in [1.54, 1.807) is 6.92 Å². The Morgan fingerprint density at radius 3 is 1.74 bits per heavy atom. The lowest BCUT2D eigenvalue weighted by Crippen LogP contribution is -2.51. The van der Waals surface area contributed by atoms with Gasteiger partial charge in [0.15, 0.2) is 5.41 Å². The third kappa shape index (κ3) is 3.48. The molecule has 4 nitrogen and oxygen atoms in total. The lowest BCUT2D eigenvalue weighted by atomic mass is 9.59. The van der Waals surface area contributed by atoms with Crippen molar-refractivity contribution in [3.05, 3.63) is 0 Å². The number of carboxylic acids is 2. The quantitative estimate of drug-likeness (QED) is 0.466. The summed E-state index contributed by atoms with van der Waals surface area (Å²) in [5, 5.41) is 19.0. The highest BCUT2D eigenvalue weighted by atomic mass is 16.4. The number of carboxylic acid groups (broad SMARTS) is 2. The van der Waals surface area contributed by atoms with Crippen molar-refractivity contribution in [2.45, 2.75) is 72.6 Å². The van der Waals surface area contributed by atoms with Crippen molar-refractivity contribution in [2.75, 3.05) is 0 Å². The largest absolute Gasteiger partial charge is 0.480 e. The summed E-state index contributed by atoms with van der Waals surface area (Å²) in [6, 6.07) is 0. The summed E-state index contributed by atoms with van der Waals surface area (Å²) in [4.78, 5) is 23.2. The number of carbonyl (C=O) groups is 2. The molecule has 0 aliphatic carbocycles. The topological polar surface area (TPSA) is 74.6 Å². The van der Waals surface area contributed by atoms with Gasteiger partial charge in [0.05, 0.1) is 0 Å². The predicted octanol–water partition coefficient (Wildman–Crippen LogP) is 3.94. The van der Waals surface area contributed by atoms with E-state index in [4.69, 9.17) is 0 Å². The molecule has 112 valence electrons. The fourth-order valence-corrected chi connectivity index (χ4v) is 2.97. The van der Waals surface area contributed by atoms with Crippen LogP contribution in [0.3, 0.4) is 0 Å². The van der Waals surface area contributed by atoms with Gasteiger partial charge in [-0.1, -0.05) is 53.4 Å². The molecule has 0 fully saturated rings. The standard InChI is InChI=1S/C15H28O4/c1-5-8-9-10-11-14(4,6-2)15(7-3,12(16)17)13(18)19/h5-11H2,1-4H3,(H,16,17)(H,18,19). The molecule has 0 saturated carbocycles. The average molecular weight is 272 g/mol. The highest BCUT2D eigenvalue weighted by Gasteiger charge is 2.57. The van der Waals surface area contributed by atoms with Crippen molar-refractivity contribution in [1.29, 1.82) is 0 Å². The molecule has 0 aromatic heterocycles. The van der Waals surface area contributed by atoms with Crippen LogP contribution in [0.5, 0.6) is 0 Å². The van der Waals surface area contributed by atoms with E-state index in [1.165, 1.54) is 0 Å². The Labute approximate surface area is 116 Å². The van der Waals surface area contributed by atoms with Crippen LogP contribution in [-0.4, -0.2) is 22.2 Å². The van der Waals surface area contributed by atoms with Crippen LogP contribution in [0, 0.1) is 10.8 Å². The van der Waals surface area contributed by atoms with Crippen LogP contribution in [0.1, 0.15) is 72.6 Å². The van der Waals surface area contributed by atoms with E-state index in [0.717, 1.165) is 25.7 Å². The Balaban J connectivity index is 5.21. The lowest BCUT2D eigenvalue weighted by Gasteiger charge is -2.42. The Bertz CT molecular complexity index is 297. The first-order valence-electron chi connectivity index (χ1n) is 7.29. The zero-order chi connectivity index (χ0) is 15.1. The minimum absolute atomic E-state index is 0.121. The molecule has 0 bridgehead atoms. The fraction of sp³-hybridized carbons (Fsp3) is 0.867. The Morgan fingerprint density at radius 1 is 0.895 bits per heavy atom. The van der Waals surface area contributed by atoms with Gasteiger partial charge in [0, 0.05) is 0 Å². The smallest absolute Gasteiger partial charge is 0.321 e. The average Bonchev–Trinajstić information content (AvgIpc) is 2.35. The van der Waals surface area contributed by atoms with Gasteiger partial charge in [-0.05, 0) is 24.7 Å². The van der Waals surface area contributed by atoms with Crippen molar-refractivity contribution in [3.8, 4) is 0 Å². The Morgan fingerprint density at radius 2 is 1.42 bits per heavy atom. The number of hydrogen-bond donors (Lipinski definition) is 2. The summed E-state index contributed by atoms with van der Waals surface area (Å²) in [7, 11) is 0. The predicted molar refractivity (Wildman–Crippen MR) is 75.2 cm³/mol. The summed E-state index contributed by atoms with van der Waals surface area (Å²) in [5.41, 5.74) is -2.37. The van der Waals surface area contributed by atoms with Crippen LogP contribution in [0.4, 0.5) is 0 Å². The minimum atomic E-state index is -1.67. The highest BCUT2D eigenvalue weighted by molar-refractivity contribution is 5.99.